The first-order chi connectivity index (χ1) is 36.8. The van der Waals surface area contributed by atoms with Crippen molar-refractivity contribution >= 4 is 19.8 Å². The summed E-state index contributed by atoms with van der Waals surface area (Å²) >= 11 is 0. The molecule has 0 aromatic carbocycles. The molecule has 2 atom stereocenters. The van der Waals surface area contributed by atoms with Crippen molar-refractivity contribution in [3.8, 4) is 0 Å². The molecule has 0 aromatic heterocycles. The summed E-state index contributed by atoms with van der Waals surface area (Å²) in [4.78, 5) is 35.1. The van der Waals surface area contributed by atoms with Gasteiger partial charge in [0.2, 0.25) is 0 Å². The van der Waals surface area contributed by atoms with Crippen LogP contribution in [0.5, 0.6) is 0 Å². The van der Waals surface area contributed by atoms with E-state index >= 15 is 0 Å². The van der Waals surface area contributed by atoms with Crippen LogP contribution in [0.1, 0.15) is 258 Å². The van der Waals surface area contributed by atoms with Gasteiger partial charge < -0.3 is 20.1 Å². The van der Waals surface area contributed by atoms with E-state index in [-0.39, 0.29) is 32.6 Å². The number of carbonyl (C=O) groups excluding carboxylic acids is 2. The molecule has 3 N–H and O–H groups in total. The highest BCUT2D eigenvalue weighted by molar-refractivity contribution is 7.47. The number of phosphoric acid groups is 1. The molecule has 0 aromatic rings. The van der Waals surface area contributed by atoms with Crippen LogP contribution in [0.2, 0.25) is 0 Å². The maximum atomic E-state index is 12.7. The predicted octanol–water partition coefficient (Wildman–Crippen LogP) is 19.4. The number of carbonyl (C=O) groups is 2. The van der Waals surface area contributed by atoms with Crippen LogP contribution < -0.4 is 5.73 Å². The van der Waals surface area contributed by atoms with Crippen molar-refractivity contribution in [2.75, 3.05) is 26.4 Å². The predicted molar refractivity (Wildman–Crippen MR) is 321 cm³/mol. The van der Waals surface area contributed by atoms with Gasteiger partial charge in [0, 0.05) is 19.4 Å². The molecule has 2 unspecified atom stereocenters. The maximum Gasteiger partial charge on any atom is 0.472 e. The lowest BCUT2D eigenvalue weighted by atomic mass is 10.0. The molecule has 10 heteroatoms. The Kier molecular flexibility index (Phi) is 57.2. The Hall–Kier alpha value is -3.33. The van der Waals surface area contributed by atoms with Crippen molar-refractivity contribution in [2.45, 2.75) is 264 Å². The average Bonchev–Trinajstić information content (AvgIpc) is 3.40. The Morgan fingerprint density at radius 1 is 0.413 bits per heavy atom. The van der Waals surface area contributed by atoms with Crippen LogP contribution in [0.25, 0.3) is 0 Å². The minimum absolute atomic E-state index is 0.0497. The van der Waals surface area contributed by atoms with E-state index in [1.54, 1.807) is 0 Å². The first-order valence-corrected chi connectivity index (χ1v) is 31.9. The van der Waals surface area contributed by atoms with Gasteiger partial charge in [-0.15, -0.1) is 0 Å². The van der Waals surface area contributed by atoms with Crippen molar-refractivity contribution in [1.82, 2.24) is 0 Å². The summed E-state index contributed by atoms with van der Waals surface area (Å²) in [6, 6.07) is 0. The van der Waals surface area contributed by atoms with Gasteiger partial charge in [-0.25, -0.2) is 4.57 Å². The monoisotopic (exact) mass is 1070 g/mol. The molecule has 0 saturated carbocycles. The molecule has 0 radical (unpaired) electrons. The van der Waals surface area contributed by atoms with Gasteiger partial charge in [-0.2, -0.15) is 0 Å². The Bertz CT molecular complexity index is 1590. The van der Waals surface area contributed by atoms with Crippen molar-refractivity contribution in [3.63, 3.8) is 0 Å². The van der Waals surface area contributed by atoms with Crippen molar-refractivity contribution in [3.05, 3.63) is 109 Å². The van der Waals surface area contributed by atoms with Gasteiger partial charge in [0.1, 0.15) is 6.61 Å². The fraction of sp³-hybridized carbons (Fsp3) is 0.692. The average molecular weight is 1070 g/mol. The number of esters is 2. The summed E-state index contributed by atoms with van der Waals surface area (Å²) in [5.41, 5.74) is 5.37. The van der Waals surface area contributed by atoms with Crippen LogP contribution in [0.15, 0.2) is 109 Å². The molecule has 0 spiro atoms. The first kappa shape index (κ1) is 71.7. The number of hydrogen-bond donors (Lipinski definition) is 2. The van der Waals surface area contributed by atoms with Crippen LogP contribution in [0, 0.1) is 0 Å². The first-order valence-electron chi connectivity index (χ1n) is 30.4. The van der Waals surface area contributed by atoms with Gasteiger partial charge in [0.05, 0.1) is 13.2 Å². The number of nitrogens with two attached hydrogens (primary N) is 1. The van der Waals surface area contributed by atoms with E-state index in [1.165, 1.54) is 116 Å². The third kappa shape index (κ3) is 59.8. The van der Waals surface area contributed by atoms with Crippen LogP contribution in [0.4, 0.5) is 0 Å². The molecule has 0 heterocycles. The summed E-state index contributed by atoms with van der Waals surface area (Å²) in [7, 11) is -4.39. The van der Waals surface area contributed by atoms with E-state index < -0.39 is 32.5 Å². The minimum Gasteiger partial charge on any atom is -0.462 e. The molecule has 0 fully saturated rings. The molecule has 0 amide bonds. The van der Waals surface area contributed by atoms with Gasteiger partial charge >= 0.3 is 19.8 Å². The minimum atomic E-state index is -4.39. The molecular formula is C65H112NO8P. The zero-order chi connectivity index (χ0) is 54.5. The second kappa shape index (κ2) is 59.9. The summed E-state index contributed by atoms with van der Waals surface area (Å²) in [6.07, 6.45) is 81.7. The van der Waals surface area contributed by atoms with E-state index in [1.807, 2.05) is 0 Å². The van der Waals surface area contributed by atoms with Crippen molar-refractivity contribution in [2.24, 2.45) is 5.73 Å². The Labute approximate surface area is 460 Å². The molecule has 0 rings (SSSR count). The SMILES string of the molecule is CC/C=C\C/C=C\C/C=C\C/C=C\C/C=C\C/C=C\C/C=C\C/C=C\CCCCCCCCCCCCCCCCCCC(=O)OC(COC(=O)CCCCCCC/C=C\CCCCCC)COP(=O)(O)OCCN. The zero-order valence-electron chi connectivity index (χ0n) is 48.0. The third-order valence-corrected chi connectivity index (χ3v) is 13.6. The number of ether oxygens (including phenoxy) is 2. The summed E-state index contributed by atoms with van der Waals surface area (Å²) in [5, 5.41) is 0. The molecule has 0 aliphatic heterocycles. The van der Waals surface area contributed by atoms with Gasteiger partial charge in [-0.3, -0.25) is 18.6 Å². The molecule has 430 valence electrons. The van der Waals surface area contributed by atoms with E-state index in [4.69, 9.17) is 24.3 Å². The largest absolute Gasteiger partial charge is 0.472 e. The van der Waals surface area contributed by atoms with Crippen LogP contribution in [0.3, 0.4) is 0 Å². The molecule has 0 saturated heterocycles. The number of rotatable bonds is 56. The number of hydrogen-bond acceptors (Lipinski definition) is 8. The highest BCUT2D eigenvalue weighted by Gasteiger charge is 2.26. The fourth-order valence-electron chi connectivity index (χ4n) is 8.18. The lowest BCUT2D eigenvalue weighted by Gasteiger charge is -2.19. The topological polar surface area (TPSA) is 134 Å². The van der Waals surface area contributed by atoms with E-state index in [0.29, 0.717) is 6.42 Å². The highest BCUT2D eigenvalue weighted by Crippen LogP contribution is 2.43. The summed E-state index contributed by atoms with van der Waals surface area (Å²) in [5.74, 6) is -0.837. The smallest absolute Gasteiger partial charge is 0.462 e. The molecule has 0 bridgehead atoms. The normalized spacial score (nSPS) is 13.8. The second-order valence-corrected chi connectivity index (χ2v) is 21.3. The van der Waals surface area contributed by atoms with Crippen LogP contribution >= 0.6 is 7.82 Å². The molecule has 0 aliphatic carbocycles. The molecule has 9 nitrogen and oxygen atoms in total. The van der Waals surface area contributed by atoms with Crippen molar-refractivity contribution < 1.29 is 37.6 Å². The summed E-state index contributed by atoms with van der Waals surface area (Å²) in [6.45, 7) is 3.60. The third-order valence-electron chi connectivity index (χ3n) is 12.6. The lowest BCUT2D eigenvalue weighted by molar-refractivity contribution is -0.161. The summed E-state index contributed by atoms with van der Waals surface area (Å²) < 4.78 is 33.0. The van der Waals surface area contributed by atoms with E-state index in [9.17, 15) is 19.0 Å². The van der Waals surface area contributed by atoms with E-state index in [0.717, 1.165) is 109 Å². The number of phosphoric ester groups is 1. The van der Waals surface area contributed by atoms with Gasteiger partial charge in [0.25, 0.3) is 0 Å². The Balaban J connectivity index is 3.85. The molecule has 0 aliphatic rings. The molecular weight excluding hydrogens is 954 g/mol. The number of allylic oxidation sites excluding steroid dienone is 18. The van der Waals surface area contributed by atoms with Crippen molar-refractivity contribution in [1.29, 1.82) is 0 Å². The van der Waals surface area contributed by atoms with Gasteiger partial charge in [0.15, 0.2) is 6.10 Å². The quantitative estimate of drug-likeness (QED) is 0.0264. The van der Waals surface area contributed by atoms with Gasteiger partial charge in [-0.05, 0) is 103 Å². The zero-order valence-corrected chi connectivity index (χ0v) is 48.9. The maximum absolute atomic E-state index is 12.7. The highest BCUT2D eigenvalue weighted by atomic mass is 31.2. The number of unbranched alkanes of at least 4 members (excludes halogenated alkanes) is 25. The van der Waals surface area contributed by atoms with Crippen LogP contribution in [-0.2, 0) is 32.7 Å². The van der Waals surface area contributed by atoms with Gasteiger partial charge in [-0.1, -0.05) is 252 Å². The Morgan fingerprint density at radius 3 is 1.11 bits per heavy atom. The van der Waals surface area contributed by atoms with E-state index in [2.05, 4.69) is 123 Å². The van der Waals surface area contributed by atoms with Crippen LogP contribution in [-0.4, -0.2) is 49.3 Å². The Morgan fingerprint density at radius 2 is 0.733 bits per heavy atom. The lowest BCUT2D eigenvalue weighted by Crippen LogP contribution is -2.29. The fourth-order valence-corrected chi connectivity index (χ4v) is 8.94. The second-order valence-electron chi connectivity index (χ2n) is 19.8. The standard InChI is InChI=1S/C65H112NO8P/c1-3-5-7-9-11-13-15-17-18-19-20-21-22-23-24-25-26-27-28-29-30-31-32-33-34-35-36-37-38-39-40-41-42-43-44-46-48-50-52-54-56-58-65(68)74-63(62-73-75(69,70)72-60-59-66)61-71-64(67)57-55-53-51-49-47-45-16-14-12-10-8-6-4-2/h5,7,11,13-14,16-18,20-21,23-24,26-27,29-30,32-33,63H,3-4,6,8-10,12,15,19,22,25,28,31,34-62,66H2,1-2H3,(H,69,70)/b7-5-,13-11-,16-14-,18-17-,21-20-,24-23-,27-26-,30-29-,33-32-. The molecule has 75 heavy (non-hydrogen) atoms.